The van der Waals surface area contributed by atoms with Gasteiger partial charge in [-0.15, -0.1) is 0 Å². The molecule has 5 nitrogen and oxygen atoms in total. The van der Waals surface area contributed by atoms with Crippen molar-refractivity contribution in [2.75, 3.05) is 6.61 Å². The van der Waals surface area contributed by atoms with Crippen LogP contribution in [0.5, 0.6) is 0 Å². The second-order valence-electron chi connectivity index (χ2n) is 10.1. The summed E-state index contributed by atoms with van der Waals surface area (Å²) in [7, 11) is 0. The van der Waals surface area contributed by atoms with Crippen LogP contribution >= 0.6 is 0 Å². The molecular formula is C26H36O5. The van der Waals surface area contributed by atoms with E-state index in [1.807, 2.05) is 12.2 Å². The zero-order chi connectivity index (χ0) is 22.2. The predicted octanol–water partition coefficient (Wildman–Crippen LogP) is 3.61. The predicted molar refractivity (Wildman–Crippen MR) is 119 cm³/mol. The number of allylic oxidation sites excluding steroid dienone is 4. The second kappa shape index (κ2) is 9.05. The van der Waals surface area contributed by atoms with Crippen molar-refractivity contribution >= 4 is 5.97 Å². The molecule has 5 heteroatoms. The smallest absolute Gasteiger partial charge is 0.336 e. The Morgan fingerprint density at radius 1 is 1.26 bits per heavy atom. The minimum Gasteiger partial charge on any atom is -0.458 e. The molecule has 1 saturated carbocycles. The third-order valence-corrected chi connectivity index (χ3v) is 8.26. The summed E-state index contributed by atoms with van der Waals surface area (Å²) < 4.78 is 5.71. The van der Waals surface area contributed by atoms with Gasteiger partial charge >= 0.3 is 5.97 Å². The molecule has 0 spiro atoms. The Labute approximate surface area is 185 Å². The molecule has 7 atom stereocenters. The number of ether oxygens (including phenoxy) is 1. The second-order valence-corrected chi connectivity index (χ2v) is 10.1. The highest BCUT2D eigenvalue weighted by molar-refractivity contribution is 5.89. The molecule has 3 aliphatic carbocycles. The quantitative estimate of drug-likeness (QED) is 0.583. The Morgan fingerprint density at radius 2 is 2.06 bits per heavy atom. The molecule has 1 aliphatic heterocycles. The largest absolute Gasteiger partial charge is 0.458 e. The summed E-state index contributed by atoms with van der Waals surface area (Å²) in [6.45, 7) is 4.37. The number of cyclic esters (lactones) is 1. The summed E-state index contributed by atoms with van der Waals surface area (Å²) in [5, 5.41) is 29.1. The van der Waals surface area contributed by atoms with Gasteiger partial charge in [-0.05, 0) is 66.4 Å². The normalized spacial score (nSPS) is 39.5. The monoisotopic (exact) mass is 428 g/mol. The van der Waals surface area contributed by atoms with Gasteiger partial charge in [0.25, 0.3) is 0 Å². The van der Waals surface area contributed by atoms with Gasteiger partial charge in [0.1, 0.15) is 6.10 Å². The van der Waals surface area contributed by atoms with Crippen molar-refractivity contribution in [1.29, 1.82) is 0 Å². The summed E-state index contributed by atoms with van der Waals surface area (Å²) in [5.74, 6) is 0.855. The molecule has 4 aliphatic rings. The number of rotatable bonds is 5. The van der Waals surface area contributed by atoms with Crippen LogP contribution in [0.3, 0.4) is 0 Å². The maximum atomic E-state index is 12.1. The highest BCUT2D eigenvalue weighted by Crippen LogP contribution is 2.59. The topological polar surface area (TPSA) is 87.0 Å². The molecule has 3 N–H and O–H groups in total. The Kier molecular flexibility index (Phi) is 6.57. The first-order valence-corrected chi connectivity index (χ1v) is 11.8. The SMILES string of the molecule is C[C@@H]([C@H]1CC[C@H]2C(/C=C\C3=C[C@@H](O)C[C@H](O)C3)=CCC[C@]12C)[C@H]1CC=C(CO)C(=O)O1. The van der Waals surface area contributed by atoms with E-state index in [0.717, 1.165) is 31.3 Å². The Morgan fingerprint density at radius 3 is 2.77 bits per heavy atom. The van der Waals surface area contributed by atoms with Crippen LogP contribution in [0.25, 0.3) is 0 Å². The lowest BCUT2D eigenvalue weighted by molar-refractivity contribution is -0.151. The lowest BCUT2D eigenvalue weighted by Gasteiger charge is -2.44. The summed E-state index contributed by atoms with van der Waals surface area (Å²) in [6, 6.07) is 0. The average molecular weight is 429 g/mol. The van der Waals surface area contributed by atoms with E-state index in [-0.39, 0.29) is 30.0 Å². The first-order chi connectivity index (χ1) is 14.8. The number of carbonyl (C=O) groups excluding carboxylic acids is 1. The highest BCUT2D eigenvalue weighted by Gasteiger charge is 2.51. The van der Waals surface area contributed by atoms with Crippen LogP contribution in [-0.2, 0) is 9.53 Å². The third-order valence-electron chi connectivity index (χ3n) is 8.26. The number of carbonyl (C=O) groups is 1. The van der Waals surface area contributed by atoms with Crippen molar-refractivity contribution in [3.05, 3.63) is 47.1 Å². The molecule has 0 aromatic carbocycles. The van der Waals surface area contributed by atoms with E-state index in [0.29, 0.717) is 36.7 Å². The van der Waals surface area contributed by atoms with Crippen molar-refractivity contribution < 1.29 is 24.9 Å². The molecule has 0 bridgehead atoms. The standard InChI is InChI=1S/C26H36O5/c1-16(24-10-7-19(15-27)25(30)31-24)22-8-9-23-18(4-3-11-26(22,23)2)6-5-17-12-20(28)14-21(29)13-17/h4-7,12,16,20-24,27-29H,3,8-11,13-15H2,1-2H3/b6-5-/t16-,20+,21+,22+,23-,24+,26+/m0/s1. The minimum atomic E-state index is -0.565. The molecule has 4 rings (SSSR count). The van der Waals surface area contributed by atoms with Crippen molar-refractivity contribution in [2.24, 2.45) is 23.2 Å². The number of esters is 1. The summed E-state index contributed by atoms with van der Waals surface area (Å²) >= 11 is 0. The Balaban J connectivity index is 1.47. The fourth-order valence-electron chi connectivity index (χ4n) is 6.57. The van der Waals surface area contributed by atoms with Gasteiger partial charge in [0.2, 0.25) is 0 Å². The molecule has 1 heterocycles. The third kappa shape index (κ3) is 4.46. The molecule has 0 aromatic heterocycles. The number of hydrogen-bond acceptors (Lipinski definition) is 5. The first-order valence-electron chi connectivity index (χ1n) is 11.8. The molecular weight excluding hydrogens is 392 g/mol. The molecule has 0 saturated heterocycles. The van der Waals surface area contributed by atoms with Crippen LogP contribution in [0.2, 0.25) is 0 Å². The van der Waals surface area contributed by atoms with Crippen LogP contribution in [0, 0.1) is 23.2 Å². The van der Waals surface area contributed by atoms with E-state index in [1.54, 1.807) is 0 Å². The van der Waals surface area contributed by atoms with Gasteiger partial charge in [-0.2, -0.15) is 0 Å². The number of aliphatic hydroxyl groups excluding tert-OH is 3. The van der Waals surface area contributed by atoms with E-state index in [2.05, 4.69) is 32.1 Å². The average Bonchev–Trinajstić information content (AvgIpc) is 3.08. The van der Waals surface area contributed by atoms with E-state index >= 15 is 0 Å². The van der Waals surface area contributed by atoms with E-state index in [1.165, 1.54) is 5.57 Å². The van der Waals surface area contributed by atoms with Gasteiger partial charge in [0, 0.05) is 12.8 Å². The summed E-state index contributed by atoms with van der Waals surface area (Å²) in [6.07, 6.45) is 15.3. The maximum Gasteiger partial charge on any atom is 0.336 e. The van der Waals surface area contributed by atoms with Crippen molar-refractivity contribution in [2.45, 2.75) is 77.1 Å². The van der Waals surface area contributed by atoms with Crippen molar-refractivity contribution in [1.82, 2.24) is 0 Å². The fourth-order valence-corrected chi connectivity index (χ4v) is 6.57. The van der Waals surface area contributed by atoms with Gasteiger partial charge in [-0.1, -0.05) is 44.2 Å². The molecule has 0 amide bonds. The van der Waals surface area contributed by atoms with E-state index < -0.39 is 12.2 Å². The minimum absolute atomic E-state index is 0.122. The molecule has 0 radical (unpaired) electrons. The van der Waals surface area contributed by atoms with Gasteiger partial charge in [-0.3, -0.25) is 0 Å². The van der Waals surface area contributed by atoms with E-state index in [9.17, 15) is 20.1 Å². The van der Waals surface area contributed by atoms with E-state index in [4.69, 9.17) is 4.74 Å². The lowest BCUT2D eigenvalue weighted by Crippen LogP contribution is -2.41. The molecule has 170 valence electrons. The molecule has 0 aromatic rings. The Bertz CT molecular complexity index is 822. The maximum absolute atomic E-state index is 12.1. The number of aliphatic hydroxyl groups is 3. The van der Waals surface area contributed by atoms with Crippen LogP contribution in [0.1, 0.15) is 58.8 Å². The number of fused-ring (bicyclic) bond motifs is 1. The summed E-state index contributed by atoms with van der Waals surface area (Å²) in [4.78, 5) is 12.1. The van der Waals surface area contributed by atoms with Gasteiger partial charge in [0.15, 0.2) is 0 Å². The van der Waals surface area contributed by atoms with Crippen LogP contribution in [0.4, 0.5) is 0 Å². The molecule has 31 heavy (non-hydrogen) atoms. The highest BCUT2D eigenvalue weighted by atomic mass is 16.5. The molecule has 0 unspecified atom stereocenters. The van der Waals surface area contributed by atoms with Crippen LogP contribution in [0.15, 0.2) is 47.1 Å². The van der Waals surface area contributed by atoms with Gasteiger partial charge in [0.05, 0.1) is 24.4 Å². The van der Waals surface area contributed by atoms with Gasteiger partial charge in [-0.25, -0.2) is 4.79 Å². The summed E-state index contributed by atoms with van der Waals surface area (Å²) in [5.41, 5.74) is 2.91. The lowest BCUT2D eigenvalue weighted by atomic mass is 9.61. The number of hydrogen-bond donors (Lipinski definition) is 3. The fraction of sp³-hybridized carbons (Fsp3) is 0.654. The first kappa shape index (κ1) is 22.5. The van der Waals surface area contributed by atoms with Crippen LogP contribution in [-0.4, -0.2) is 46.2 Å². The van der Waals surface area contributed by atoms with Crippen molar-refractivity contribution in [3.8, 4) is 0 Å². The van der Waals surface area contributed by atoms with Gasteiger partial charge < -0.3 is 20.1 Å². The van der Waals surface area contributed by atoms with Crippen molar-refractivity contribution in [3.63, 3.8) is 0 Å². The molecule has 1 fully saturated rings. The van der Waals surface area contributed by atoms with Crippen LogP contribution < -0.4 is 0 Å². The zero-order valence-electron chi connectivity index (χ0n) is 18.7. The zero-order valence-corrected chi connectivity index (χ0v) is 18.7. The Hall–Kier alpha value is -1.69.